The summed E-state index contributed by atoms with van der Waals surface area (Å²) in [5, 5.41) is 18.7. The van der Waals surface area contributed by atoms with E-state index in [9.17, 15) is 15.0 Å². The van der Waals surface area contributed by atoms with Gasteiger partial charge in [-0.1, -0.05) is 0 Å². The van der Waals surface area contributed by atoms with E-state index in [1.165, 1.54) is 18.2 Å². The average molecular weight is 286 g/mol. The number of rotatable bonds is 2. The molecule has 2 unspecified atom stereocenters. The molecule has 1 saturated heterocycles. The summed E-state index contributed by atoms with van der Waals surface area (Å²) < 4.78 is 5.58. The zero-order chi connectivity index (χ0) is 14.0. The number of morpholine rings is 1. The second-order valence-corrected chi connectivity index (χ2v) is 4.95. The summed E-state index contributed by atoms with van der Waals surface area (Å²) >= 11 is 5.77. The maximum Gasteiger partial charge on any atom is 0.254 e. The number of ether oxygens (including phenoxy) is 1. The van der Waals surface area contributed by atoms with E-state index in [2.05, 4.69) is 0 Å². The van der Waals surface area contributed by atoms with Crippen molar-refractivity contribution in [3.8, 4) is 11.5 Å². The third-order valence-corrected chi connectivity index (χ3v) is 3.35. The van der Waals surface area contributed by atoms with Crippen molar-refractivity contribution >= 4 is 17.5 Å². The van der Waals surface area contributed by atoms with Crippen LogP contribution >= 0.6 is 11.6 Å². The number of halogens is 1. The molecule has 0 spiro atoms. The minimum absolute atomic E-state index is 0.0767. The number of nitrogens with zero attached hydrogens (tertiary/aromatic N) is 1. The van der Waals surface area contributed by atoms with Gasteiger partial charge in [0.1, 0.15) is 0 Å². The Labute approximate surface area is 116 Å². The molecule has 1 aliphatic heterocycles. The van der Waals surface area contributed by atoms with Gasteiger partial charge in [-0.05, 0) is 25.1 Å². The van der Waals surface area contributed by atoms with Crippen LogP contribution in [0.25, 0.3) is 0 Å². The van der Waals surface area contributed by atoms with E-state index in [0.717, 1.165) is 0 Å². The standard InChI is InChI=1S/C13H16ClNO4/c1-8-6-15(7-10(5-14)19-8)13(18)9-2-3-11(16)12(17)4-9/h2-4,8,10,16-17H,5-7H2,1H3. The van der Waals surface area contributed by atoms with Crippen LogP contribution in [0.3, 0.4) is 0 Å². The molecule has 0 aromatic heterocycles. The molecule has 1 heterocycles. The SMILES string of the molecule is CC1CN(C(=O)c2ccc(O)c(O)c2)CC(CCl)O1. The lowest BCUT2D eigenvalue weighted by atomic mass is 10.1. The number of phenols is 2. The van der Waals surface area contributed by atoms with Crippen LogP contribution in [0.15, 0.2) is 18.2 Å². The van der Waals surface area contributed by atoms with E-state index in [1.807, 2.05) is 6.92 Å². The fourth-order valence-corrected chi connectivity index (χ4v) is 2.31. The number of carbonyl (C=O) groups is 1. The monoisotopic (exact) mass is 285 g/mol. The first-order chi connectivity index (χ1) is 9.01. The summed E-state index contributed by atoms with van der Waals surface area (Å²) in [5.41, 5.74) is 0.331. The number of benzene rings is 1. The van der Waals surface area contributed by atoms with Gasteiger partial charge in [0.05, 0.1) is 18.1 Å². The van der Waals surface area contributed by atoms with E-state index in [1.54, 1.807) is 4.90 Å². The predicted octanol–water partition coefficient (Wildman–Crippen LogP) is 1.57. The van der Waals surface area contributed by atoms with Crippen molar-refractivity contribution in [1.29, 1.82) is 0 Å². The Morgan fingerprint density at radius 3 is 2.79 bits per heavy atom. The van der Waals surface area contributed by atoms with E-state index in [-0.39, 0.29) is 29.6 Å². The molecule has 0 aliphatic carbocycles. The molecule has 0 radical (unpaired) electrons. The first-order valence-electron chi connectivity index (χ1n) is 6.04. The molecule has 104 valence electrons. The first kappa shape index (κ1) is 14.0. The molecule has 0 saturated carbocycles. The molecule has 2 N–H and O–H groups in total. The predicted molar refractivity (Wildman–Crippen MR) is 70.7 cm³/mol. The van der Waals surface area contributed by atoms with Crippen molar-refractivity contribution < 1.29 is 19.7 Å². The summed E-state index contributed by atoms with van der Waals surface area (Å²) in [6.45, 7) is 2.79. The smallest absolute Gasteiger partial charge is 0.254 e. The van der Waals surface area contributed by atoms with Gasteiger partial charge in [0, 0.05) is 18.7 Å². The topological polar surface area (TPSA) is 70.0 Å². The van der Waals surface area contributed by atoms with Gasteiger partial charge in [-0.15, -0.1) is 11.6 Å². The highest BCUT2D eigenvalue weighted by molar-refractivity contribution is 6.18. The highest BCUT2D eigenvalue weighted by Gasteiger charge is 2.28. The van der Waals surface area contributed by atoms with Crippen LogP contribution in [0.4, 0.5) is 0 Å². The highest BCUT2D eigenvalue weighted by atomic mass is 35.5. The fraction of sp³-hybridized carbons (Fsp3) is 0.462. The number of carbonyl (C=O) groups excluding carboxylic acids is 1. The Morgan fingerprint density at radius 1 is 1.42 bits per heavy atom. The van der Waals surface area contributed by atoms with Crippen LogP contribution in [-0.2, 0) is 4.74 Å². The lowest BCUT2D eigenvalue weighted by Gasteiger charge is -2.36. The van der Waals surface area contributed by atoms with Gasteiger partial charge in [-0.25, -0.2) is 0 Å². The maximum absolute atomic E-state index is 12.3. The summed E-state index contributed by atoms with van der Waals surface area (Å²) in [6, 6.07) is 4.03. The zero-order valence-corrected chi connectivity index (χ0v) is 11.3. The summed E-state index contributed by atoms with van der Waals surface area (Å²) in [6.07, 6.45) is -0.257. The molecular weight excluding hydrogens is 270 g/mol. The van der Waals surface area contributed by atoms with Gasteiger partial charge in [0.15, 0.2) is 11.5 Å². The minimum atomic E-state index is -0.305. The Hall–Kier alpha value is -1.46. The molecular formula is C13H16ClNO4. The van der Waals surface area contributed by atoms with Crippen molar-refractivity contribution in [2.24, 2.45) is 0 Å². The van der Waals surface area contributed by atoms with Gasteiger partial charge in [-0.3, -0.25) is 4.79 Å². The van der Waals surface area contributed by atoms with Gasteiger partial charge in [0.25, 0.3) is 5.91 Å². The van der Waals surface area contributed by atoms with Crippen molar-refractivity contribution in [3.63, 3.8) is 0 Å². The van der Waals surface area contributed by atoms with Gasteiger partial charge >= 0.3 is 0 Å². The van der Waals surface area contributed by atoms with Crippen molar-refractivity contribution in [1.82, 2.24) is 4.90 Å². The Bertz CT molecular complexity index is 480. The van der Waals surface area contributed by atoms with E-state index in [0.29, 0.717) is 24.5 Å². The molecule has 1 fully saturated rings. The number of amides is 1. The number of hydrogen-bond donors (Lipinski definition) is 2. The third-order valence-electron chi connectivity index (χ3n) is 3.01. The van der Waals surface area contributed by atoms with Crippen molar-refractivity contribution in [3.05, 3.63) is 23.8 Å². The molecule has 5 nitrogen and oxygen atoms in total. The third kappa shape index (κ3) is 3.11. The lowest BCUT2D eigenvalue weighted by molar-refractivity contribution is -0.0570. The molecule has 6 heteroatoms. The number of alkyl halides is 1. The summed E-state index contributed by atoms with van der Waals surface area (Å²) in [5.74, 6) is -0.429. The normalized spacial score (nSPS) is 23.4. The molecule has 1 aliphatic rings. The van der Waals surface area contributed by atoms with Crippen LogP contribution in [-0.4, -0.2) is 52.2 Å². The molecule has 0 bridgehead atoms. The molecule has 1 aromatic rings. The number of phenolic OH excluding ortho intramolecular Hbond substituents is 2. The zero-order valence-electron chi connectivity index (χ0n) is 10.5. The molecule has 1 amide bonds. The van der Waals surface area contributed by atoms with Crippen LogP contribution in [0, 0.1) is 0 Å². The van der Waals surface area contributed by atoms with Gasteiger partial charge < -0.3 is 19.8 Å². The quantitative estimate of drug-likeness (QED) is 0.639. The summed E-state index contributed by atoms with van der Waals surface area (Å²) in [4.78, 5) is 14.0. The van der Waals surface area contributed by atoms with Crippen LogP contribution in [0.2, 0.25) is 0 Å². The van der Waals surface area contributed by atoms with Gasteiger partial charge in [-0.2, -0.15) is 0 Å². The first-order valence-corrected chi connectivity index (χ1v) is 6.57. The minimum Gasteiger partial charge on any atom is -0.504 e. The number of aromatic hydroxyl groups is 2. The lowest BCUT2D eigenvalue weighted by Crippen LogP contribution is -2.49. The molecule has 1 aromatic carbocycles. The second-order valence-electron chi connectivity index (χ2n) is 4.64. The molecule has 2 atom stereocenters. The van der Waals surface area contributed by atoms with Crippen LogP contribution in [0.5, 0.6) is 11.5 Å². The molecule has 19 heavy (non-hydrogen) atoms. The van der Waals surface area contributed by atoms with Gasteiger partial charge in [0.2, 0.25) is 0 Å². The average Bonchev–Trinajstić information content (AvgIpc) is 2.40. The number of hydrogen-bond acceptors (Lipinski definition) is 4. The maximum atomic E-state index is 12.3. The molecule has 2 rings (SSSR count). The van der Waals surface area contributed by atoms with Crippen molar-refractivity contribution in [2.45, 2.75) is 19.1 Å². The highest BCUT2D eigenvalue weighted by Crippen LogP contribution is 2.26. The van der Waals surface area contributed by atoms with Crippen LogP contribution in [0.1, 0.15) is 17.3 Å². The largest absolute Gasteiger partial charge is 0.504 e. The Balaban J connectivity index is 2.16. The van der Waals surface area contributed by atoms with E-state index < -0.39 is 0 Å². The summed E-state index contributed by atoms with van der Waals surface area (Å²) in [7, 11) is 0. The fourth-order valence-electron chi connectivity index (χ4n) is 2.14. The van der Waals surface area contributed by atoms with Crippen LogP contribution < -0.4 is 0 Å². The Kier molecular flexibility index (Phi) is 4.17. The van der Waals surface area contributed by atoms with Crippen molar-refractivity contribution in [2.75, 3.05) is 19.0 Å². The second kappa shape index (κ2) is 5.67. The Morgan fingerprint density at radius 2 is 2.16 bits per heavy atom. The van der Waals surface area contributed by atoms with E-state index in [4.69, 9.17) is 16.3 Å². The van der Waals surface area contributed by atoms with E-state index >= 15 is 0 Å².